The lowest BCUT2D eigenvalue weighted by Crippen LogP contribution is -2.49. The van der Waals surface area contributed by atoms with Crippen molar-refractivity contribution in [3.63, 3.8) is 0 Å². The van der Waals surface area contributed by atoms with Crippen LogP contribution in [0.4, 0.5) is 0 Å². The van der Waals surface area contributed by atoms with E-state index >= 15 is 0 Å². The molecule has 3 atom stereocenters. The van der Waals surface area contributed by atoms with E-state index in [1.165, 1.54) is 10.4 Å². The Bertz CT molecular complexity index is 698. The van der Waals surface area contributed by atoms with E-state index in [0.717, 1.165) is 35.9 Å². The van der Waals surface area contributed by atoms with E-state index in [1.54, 1.807) is 17.6 Å². The average molecular weight is 339 g/mol. The van der Waals surface area contributed by atoms with Gasteiger partial charge in [0, 0.05) is 24.3 Å². The average Bonchev–Trinajstić information content (AvgIpc) is 3.04. The molecule has 2 aliphatic heterocycles. The molecule has 2 aromatic rings. The molecule has 0 aliphatic carbocycles. The zero-order valence-corrected chi connectivity index (χ0v) is 14.3. The van der Waals surface area contributed by atoms with Gasteiger partial charge in [-0.15, -0.1) is 11.3 Å². The molecule has 6 heteroatoms. The monoisotopic (exact) mass is 338 g/mol. The number of halogens is 1. The number of aryl methyl sites for hydroxylation is 1. The van der Waals surface area contributed by atoms with E-state index in [-0.39, 0.29) is 11.6 Å². The maximum absolute atomic E-state index is 6.33. The summed E-state index contributed by atoms with van der Waals surface area (Å²) in [6.45, 7) is 4.84. The van der Waals surface area contributed by atoms with Gasteiger partial charge in [-0.25, -0.2) is 4.98 Å². The second-order valence-electron chi connectivity index (χ2n) is 6.32. The first-order valence-electron chi connectivity index (χ1n) is 7.66. The lowest BCUT2D eigenvalue weighted by Gasteiger charge is -2.45. The van der Waals surface area contributed by atoms with Gasteiger partial charge >= 0.3 is 0 Å². The van der Waals surface area contributed by atoms with Crippen molar-refractivity contribution in [2.24, 2.45) is 0 Å². The van der Waals surface area contributed by atoms with Crippen LogP contribution in [0.2, 0.25) is 4.34 Å². The standard InChI is InChI=1S/C16H19ClN2O2S/c1-9-6-16(7-12(18-9)13-8-20-10(2)19-13)15-11(3-4-21-16)5-14(17)22-15/h5,8-9,12,18H,3-4,6-7H2,1-2H3. The van der Waals surface area contributed by atoms with Gasteiger partial charge in [-0.05, 0) is 31.4 Å². The molecular formula is C16H19ClN2O2S. The molecule has 22 heavy (non-hydrogen) atoms. The minimum atomic E-state index is -0.242. The summed E-state index contributed by atoms with van der Waals surface area (Å²) in [5.74, 6) is 0.702. The zero-order valence-electron chi connectivity index (χ0n) is 12.7. The molecule has 0 bridgehead atoms. The Morgan fingerprint density at radius 3 is 3.09 bits per heavy atom. The Balaban J connectivity index is 1.72. The Labute approximate surface area is 138 Å². The topological polar surface area (TPSA) is 47.3 Å². The Kier molecular flexibility index (Phi) is 3.57. The maximum Gasteiger partial charge on any atom is 0.191 e. The Morgan fingerprint density at radius 1 is 1.45 bits per heavy atom. The molecule has 118 valence electrons. The highest BCUT2D eigenvalue weighted by Crippen LogP contribution is 2.49. The second-order valence-corrected chi connectivity index (χ2v) is 8.00. The van der Waals surface area contributed by atoms with Gasteiger partial charge in [-0.2, -0.15) is 0 Å². The van der Waals surface area contributed by atoms with Crippen LogP contribution in [0.1, 0.15) is 47.8 Å². The molecule has 1 spiro atoms. The number of nitrogens with zero attached hydrogens (tertiary/aromatic N) is 1. The van der Waals surface area contributed by atoms with Crippen LogP contribution in [0.5, 0.6) is 0 Å². The number of nitrogens with one attached hydrogen (secondary N) is 1. The molecule has 2 aliphatic rings. The van der Waals surface area contributed by atoms with E-state index < -0.39 is 0 Å². The first kappa shape index (κ1) is 14.7. The number of rotatable bonds is 1. The van der Waals surface area contributed by atoms with Gasteiger partial charge in [0.2, 0.25) is 0 Å². The summed E-state index contributed by atoms with van der Waals surface area (Å²) in [5.41, 5.74) is 2.07. The normalized spacial score (nSPS) is 31.4. The Hall–Kier alpha value is -0.880. The van der Waals surface area contributed by atoms with Crippen LogP contribution in [0, 0.1) is 6.92 Å². The van der Waals surface area contributed by atoms with Crippen molar-refractivity contribution in [3.05, 3.63) is 38.7 Å². The second kappa shape index (κ2) is 5.34. The van der Waals surface area contributed by atoms with Gasteiger partial charge in [-0.1, -0.05) is 11.6 Å². The zero-order chi connectivity index (χ0) is 15.3. The van der Waals surface area contributed by atoms with Crippen LogP contribution < -0.4 is 5.32 Å². The predicted molar refractivity (Wildman–Crippen MR) is 86.5 cm³/mol. The number of thiophene rings is 1. The van der Waals surface area contributed by atoms with Crippen LogP contribution in [0.3, 0.4) is 0 Å². The fourth-order valence-corrected chi connectivity index (χ4v) is 5.25. The fraction of sp³-hybridized carbons (Fsp3) is 0.562. The van der Waals surface area contributed by atoms with Crippen molar-refractivity contribution in [1.29, 1.82) is 0 Å². The summed E-state index contributed by atoms with van der Waals surface area (Å²) in [5, 5.41) is 3.62. The van der Waals surface area contributed by atoms with Crippen molar-refractivity contribution in [3.8, 4) is 0 Å². The largest absolute Gasteiger partial charge is 0.449 e. The van der Waals surface area contributed by atoms with Gasteiger partial charge in [-0.3, -0.25) is 0 Å². The summed E-state index contributed by atoms with van der Waals surface area (Å²) >= 11 is 7.94. The molecule has 1 fully saturated rings. The van der Waals surface area contributed by atoms with E-state index in [9.17, 15) is 0 Å². The van der Waals surface area contributed by atoms with Crippen molar-refractivity contribution in [1.82, 2.24) is 10.3 Å². The predicted octanol–water partition coefficient (Wildman–Crippen LogP) is 3.98. The first-order valence-corrected chi connectivity index (χ1v) is 8.86. The highest BCUT2D eigenvalue weighted by atomic mass is 35.5. The number of piperidine rings is 1. The number of aromatic nitrogens is 1. The summed E-state index contributed by atoms with van der Waals surface area (Å²) in [6, 6.07) is 2.60. The molecular weight excluding hydrogens is 320 g/mol. The number of ether oxygens (including phenoxy) is 1. The summed E-state index contributed by atoms with van der Waals surface area (Å²) in [7, 11) is 0. The molecule has 0 amide bonds. The SMILES string of the molecule is Cc1nc(C2CC3(CC(C)N2)OCCc2cc(Cl)sc23)co1. The van der Waals surface area contributed by atoms with Crippen molar-refractivity contribution >= 4 is 22.9 Å². The number of hydrogen-bond acceptors (Lipinski definition) is 5. The van der Waals surface area contributed by atoms with Crippen LogP contribution in [0.15, 0.2) is 16.7 Å². The quantitative estimate of drug-likeness (QED) is 0.854. The Morgan fingerprint density at radius 2 is 2.32 bits per heavy atom. The maximum atomic E-state index is 6.33. The summed E-state index contributed by atoms with van der Waals surface area (Å²) in [6.07, 6.45) is 4.54. The van der Waals surface area contributed by atoms with Gasteiger partial charge in [0.05, 0.1) is 22.7 Å². The molecule has 0 aromatic carbocycles. The number of hydrogen-bond donors (Lipinski definition) is 1. The lowest BCUT2D eigenvalue weighted by atomic mass is 9.79. The third kappa shape index (κ3) is 2.40. The molecule has 4 nitrogen and oxygen atoms in total. The highest BCUT2D eigenvalue weighted by Gasteiger charge is 2.46. The summed E-state index contributed by atoms with van der Waals surface area (Å²) in [4.78, 5) is 5.81. The lowest BCUT2D eigenvalue weighted by molar-refractivity contribution is -0.0957. The van der Waals surface area contributed by atoms with Crippen molar-refractivity contribution in [2.45, 2.75) is 50.8 Å². The van der Waals surface area contributed by atoms with Gasteiger partial charge in [0.1, 0.15) is 11.9 Å². The van der Waals surface area contributed by atoms with Crippen LogP contribution in [-0.2, 0) is 16.8 Å². The first-order chi connectivity index (χ1) is 10.6. The highest BCUT2D eigenvalue weighted by molar-refractivity contribution is 7.16. The molecule has 4 rings (SSSR count). The van der Waals surface area contributed by atoms with Gasteiger partial charge in [0.25, 0.3) is 0 Å². The minimum absolute atomic E-state index is 0.146. The summed E-state index contributed by atoms with van der Waals surface area (Å²) < 4.78 is 12.6. The molecule has 3 unspecified atom stereocenters. The van der Waals surface area contributed by atoms with E-state index in [2.05, 4.69) is 23.3 Å². The minimum Gasteiger partial charge on any atom is -0.449 e. The van der Waals surface area contributed by atoms with E-state index in [1.807, 2.05) is 6.92 Å². The molecule has 0 radical (unpaired) electrons. The third-order valence-corrected chi connectivity index (χ3v) is 6.08. The van der Waals surface area contributed by atoms with E-state index in [4.69, 9.17) is 20.8 Å². The van der Waals surface area contributed by atoms with Crippen LogP contribution >= 0.6 is 22.9 Å². The van der Waals surface area contributed by atoms with Gasteiger partial charge in [0.15, 0.2) is 5.89 Å². The number of fused-ring (bicyclic) bond motifs is 2. The molecule has 1 N–H and O–H groups in total. The van der Waals surface area contributed by atoms with Crippen molar-refractivity contribution in [2.75, 3.05) is 6.61 Å². The van der Waals surface area contributed by atoms with Crippen molar-refractivity contribution < 1.29 is 9.15 Å². The fourth-order valence-electron chi connectivity index (χ4n) is 3.79. The number of oxazole rings is 1. The third-order valence-electron chi connectivity index (χ3n) is 4.59. The molecule has 2 aromatic heterocycles. The molecule has 0 saturated carbocycles. The molecule has 1 saturated heterocycles. The van der Waals surface area contributed by atoms with E-state index in [0.29, 0.717) is 11.9 Å². The van der Waals surface area contributed by atoms with Gasteiger partial charge < -0.3 is 14.5 Å². The van der Waals surface area contributed by atoms with Crippen LogP contribution in [0.25, 0.3) is 0 Å². The van der Waals surface area contributed by atoms with Crippen LogP contribution in [-0.4, -0.2) is 17.6 Å². The smallest absolute Gasteiger partial charge is 0.191 e. The molecule has 4 heterocycles.